The third-order valence-corrected chi connectivity index (χ3v) is 6.13. The molecule has 3 rings (SSSR count). The molecular formula is C22H39IN6. The highest BCUT2D eigenvalue weighted by Gasteiger charge is 2.29. The van der Waals surface area contributed by atoms with Gasteiger partial charge in [-0.15, -0.1) is 24.0 Å². The Kier molecular flexibility index (Phi) is 10.7. The first kappa shape index (κ1) is 24.4. The number of benzene rings is 1. The molecule has 2 heterocycles. The SMILES string of the molecule is CCN1CCN(CCNC(=NC)NC2CC(C)N(Cc3ccccc3)C2)CC1.I. The van der Waals surface area contributed by atoms with E-state index in [1.807, 2.05) is 7.05 Å². The number of nitrogens with one attached hydrogen (secondary N) is 2. The molecule has 6 nitrogen and oxygen atoms in total. The number of guanidine groups is 1. The summed E-state index contributed by atoms with van der Waals surface area (Å²) >= 11 is 0. The van der Waals surface area contributed by atoms with Crippen LogP contribution in [-0.4, -0.2) is 92.1 Å². The Hall–Kier alpha value is -0.900. The number of hydrogen-bond acceptors (Lipinski definition) is 4. The molecule has 0 amide bonds. The fraction of sp³-hybridized carbons (Fsp3) is 0.682. The molecule has 0 aliphatic carbocycles. The zero-order valence-corrected chi connectivity index (χ0v) is 20.6. The van der Waals surface area contributed by atoms with Crippen LogP contribution in [-0.2, 0) is 6.54 Å². The van der Waals surface area contributed by atoms with Crippen LogP contribution in [0, 0.1) is 0 Å². The molecule has 2 aliphatic heterocycles. The molecule has 2 N–H and O–H groups in total. The van der Waals surface area contributed by atoms with Crippen molar-refractivity contribution in [2.45, 2.75) is 38.9 Å². The first-order valence-electron chi connectivity index (χ1n) is 10.9. The Morgan fingerprint density at radius 1 is 1.10 bits per heavy atom. The number of nitrogens with zero attached hydrogens (tertiary/aromatic N) is 4. The lowest BCUT2D eigenvalue weighted by Crippen LogP contribution is -2.50. The highest BCUT2D eigenvalue weighted by Crippen LogP contribution is 2.20. The van der Waals surface area contributed by atoms with Crippen LogP contribution in [0.4, 0.5) is 0 Å². The quantitative estimate of drug-likeness (QED) is 0.332. The number of aliphatic imine (C=N–C) groups is 1. The number of likely N-dealkylation sites (N-methyl/N-ethyl adjacent to an activating group) is 1. The standard InChI is InChI=1S/C22H38N6.HI/c1-4-26-12-14-27(15-13-26)11-10-24-22(23-3)25-21-16-19(2)28(18-21)17-20-8-6-5-7-9-20;/h5-9,19,21H,4,10-18H2,1-3H3,(H2,23,24,25);1H. The minimum absolute atomic E-state index is 0. The van der Waals surface area contributed by atoms with Crippen LogP contribution in [0.25, 0.3) is 0 Å². The van der Waals surface area contributed by atoms with Crippen LogP contribution in [0.15, 0.2) is 35.3 Å². The van der Waals surface area contributed by atoms with Gasteiger partial charge in [0.15, 0.2) is 5.96 Å². The van der Waals surface area contributed by atoms with Crippen molar-refractivity contribution in [3.05, 3.63) is 35.9 Å². The Morgan fingerprint density at radius 2 is 1.79 bits per heavy atom. The summed E-state index contributed by atoms with van der Waals surface area (Å²) in [5, 5.41) is 7.15. The van der Waals surface area contributed by atoms with Gasteiger partial charge in [0, 0.05) is 71.5 Å². The smallest absolute Gasteiger partial charge is 0.191 e. The molecule has 2 fully saturated rings. The number of piperazine rings is 1. The van der Waals surface area contributed by atoms with Gasteiger partial charge in [0.05, 0.1) is 0 Å². The number of likely N-dealkylation sites (tertiary alicyclic amines) is 1. The summed E-state index contributed by atoms with van der Waals surface area (Å²) in [5.74, 6) is 0.936. The molecular weight excluding hydrogens is 475 g/mol. The van der Waals surface area contributed by atoms with E-state index in [9.17, 15) is 0 Å². The average molecular weight is 515 g/mol. The number of rotatable bonds is 7. The van der Waals surface area contributed by atoms with Crippen LogP contribution in [0.1, 0.15) is 25.8 Å². The van der Waals surface area contributed by atoms with Crippen LogP contribution in [0.2, 0.25) is 0 Å². The van der Waals surface area contributed by atoms with Crippen molar-refractivity contribution >= 4 is 29.9 Å². The molecule has 2 saturated heterocycles. The maximum Gasteiger partial charge on any atom is 0.191 e. The summed E-state index contributed by atoms with van der Waals surface area (Å²) in [6.07, 6.45) is 1.16. The lowest BCUT2D eigenvalue weighted by Gasteiger charge is -2.34. The van der Waals surface area contributed by atoms with E-state index >= 15 is 0 Å². The molecule has 29 heavy (non-hydrogen) atoms. The summed E-state index contributed by atoms with van der Waals surface area (Å²) in [7, 11) is 1.87. The summed E-state index contributed by atoms with van der Waals surface area (Å²) in [6, 6.07) is 11.8. The zero-order valence-electron chi connectivity index (χ0n) is 18.3. The normalized spacial score (nSPS) is 24.3. The second-order valence-corrected chi connectivity index (χ2v) is 8.12. The van der Waals surface area contributed by atoms with Crippen molar-refractivity contribution < 1.29 is 0 Å². The van der Waals surface area contributed by atoms with Crippen LogP contribution in [0.3, 0.4) is 0 Å². The van der Waals surface area contributed by atoms with Crippen molar-refractivity contribution in [2.24, 2.45) is 4.99 Å². The molecule has 0 radical (unpaired) electrons. The molecule has 0 aromatic heterocycles. The van der Waals surface area contributed by atoms with Crippen molar-refractivity contribution in [2.75, 3.05) is 59.4 Å². The molecule has 1 aromatic carbocycles. The molecule has 2 unspecified atom stereocenters. The van der Waals surface area contributed by atoms with Gasteiger partial charge in [0.25, 0.3) is 0 Å². The maximum atomic E-state index is 4.44. The van der Waals surface area contributed by atoms with E-state index < -0.39 is 0 Å². The molecule has 2 atom stereocenters. The second kappa shape index (κ2) is 12.7. The van der Waals surface area contributed by atoms with Gasteiger partial charge in [-0.1, -0.05) is 37.3 Å². The predicted octanol–water partition coefficient (Wildman–Crippen LogP) is 2.07. The minimum Gasteiger partial charge on any atom is -0.355 e. The van der Waals surface area contributed by atoms with Gasteiger partial charge in [-0.25, -0.2) is 0 Å². The number of halogens is 1. The first-order valence-corrected chi connectivity index (χ1v) is 10.9. The second-order valence-electron chi connectivity index (χ2n) is 8.12. The first-order chi connectivity index (χ1) is 13.7. The Balaban J connectivity index is 0.00000300. The Morgan fingerprint density at radius 3 is 2.45 bits per heavy atom. The van der Waals surface area contributed by atoms with E-state index in [2.05, 4.69) is 74.5 Å². The third kappa shape index (κ3) is 7.70. The van der Waals surface area contributed by atoms with E-state index in [1.54, 1.807) is 0 Å². The van der Waals surface area contributed by atoms with Crippen LogP contribution >= 0.6 is 24.0 Å². The largest absolute Gasteiger partial charge is 0.355 e. The number of hydrogen-bond donors (Lipinski definition) is 2. The highest BCUT2D eigenvalue weighted by molar-refractivity contribution is 14.0. The van der Waals surface area contributed by atoms with Crippen molar-refractivity contribution in [1.29, 1.82) is 0 Å². The van der Waals surface area contributed by atoms with E-state index in [1.165, 1.54) is 38.3 Å². The molecule has 0 spiro atoms. The maximum absolute atomic E-state index is 4.44. The van der Waals surface area contributed by atoms with Gasteiger partial charge in [-0.05, 0) is 25.5 Å². The lowest BCUT2D eigenvalue weighted by atomic mass is 10.2. The molecule has 1 aromatic rings. The van der Waals surface area contributed by atoms with Gasteiger partial charge in [0.2, 0.25) is 0 Å². The molecule has 0 saturated carbocycles. The van der Waals surface area contributed by atoms with Gasteiger partial charge in [-0.3, -0.25) is 14.8 Å². The van der Waals surface area contributed by atoms with Crippen molar-refractivity contribution in [3.8, 4) is 0 Å². The van der Waals surface area contributed by atoms with Gasteiger partial charge >= 0.3 is 0 Å². The predicted molar refractivity (Wildman–Crippen MR) is 133 cm³/mol. The molecule has 7 heteroatoms. The summed E-state index contributed by atoms with van der Waals surface area (Å²) in [4.78, 5) is 12.1. The van der Waals surface area contributed by atoms with E-state index in [4.69, 9.17) is 0 Å². The molecule has 2 aliphatic rings. The fourth-order valence-corrected chi connectivity index (χ4v) is 4.29. The lowest BCUT2D eigenvalue weighted by molar-refractivity contribution is 0.139. The topological polar surface area (TPSA) is 46.1 Å². The van der Waals surface area contributed by atoms with Gasteiger partial charge in [0.1, 0.15) is 0 Å². The van der Waals surface area contributed by atoms with E-state index in [-0.39, 0.29) is 24.0 Å². The third-order valence-electron chi connectivity index (χ3n) is 6.13. The highest BCUT2D eigenvalue weighted by atomic mass is 127. The molecule has 0 bridgehead atoms. The van der Waals surface area contributed by atoms with Gasteiger partial charge in [-0.2, -0.15) is 0 Å². The summed E-state index contributed by atoms with van der Waals surface area (Å²) in [5.41, 5.74) is 1.39. The summed E-state index contributed by atoms with van der Waals surface area (Å²) in [6.45, 7) is 14.6. The Labute approximate surface area is 194 Å². The van der Waals surface area contributed by atoms with E-state index in [0.717, 1.165) is 38.6 Å². The summed E-state index contributed by atoms with van der Waals surface area (Å²) < 4.78 is 0. The van der Waals surface area contributed by atoms with Crippen molar-refractivity contribution in [1.82, 2.24) is 25.3 Å². The van der Waals surface area contributed by atoms with E-state index in [0.29, 0.717) is 12.1 Å². The monoisotopic (exact) mass is 514 g/mol. The van der Waals surface area contributed by atoms with Gasteiger partial charge < -0.3 is 15.5 Å². The van der Waals surface area contributed by atoms with Crippen LogP contribution in [0.5, 0.6) is 0 Å². The molecule has 164 valence electrons. The van der Waals surface area contributed by atoms with Crippen molar-refractivity contribution in [3.63, 3.8) is 0 Å². The zero-order chi connectivity index (χ0) is 19.8. The fourth-order valence-electron chi connectivity index (χ4n) is 4.29. The minimum atomic E-state index is 0. The Bertz CT molecular complexity index is 603. The average Bonchev–Trinajstić information content (AvgIpc) is 3.07. The van der Waals surface area contributed by atoms with Crippen LogP contribution < -0.4 is 10.6 Å².